The first kappa shape index (κ1) is 22.9. The van der Waals surface area contributed by atoms with Crippen LogP contribution >= 0.6 is 23.4 Å². The zero-order valence-electron chi connectivity index (χ0n) is 16.5. The Bertz CT molecular complexity index is 1180. The average molecular weight is 475 g/mol. The molecule has 3 aromatic rings. The Morgan fingerprint density at radius 1 is 0.806 bits per heavy atom. The SMILES string of the molecule is CS(=O)(=O)c1ccc(C(=O)NNC(=O)c2ccc(CSc3ccc(Cl)cc3)cc2)cc1. The second-order valence-electron chi connectivity index (χ2n) is 6.64. The quantitative estimate of drug-likeness (QED) is 0.414. The molecule has 3 rings (SSSR count). The van der Waals surface area contributed by atoms with E-state index < -0.39 is 21.7 Å². The van der Waals surface area contributed by atoms with Crippen molar-refractivity contribution in [2.45, 2.75) is 15.5 Å². The maximum atomic E-state index is 12.3. The van der Waals surface area contributed by atoms with E-state index >= 15 is 0 Å². The minimum absolute atomic E-state index is 0.113. The Morgan fingerprint density at radius 2 is 1.29 bits per heavy atom. The van der Waals surface area contributed by atoms with E-state index in [4.69, 9.17) is 11.6 Å². The molecule has 0 aliphatic heterocycles. The number of benzene rings is 3. The van der Waals surface area contributed by atoms with Crippen molar-refractivity contribution in [1.82, 2.24) is 10.9 Å². The van der Waals surface area contributed by atoms with Crippen molar-refractivity contribution >= 4 is 45.0 Å². The van der Waals surface area contributed by atoms with E-state index in [0.717, 1.165) is 22.5 Å². The third kappa shape index (κ3) is 6.58. The normalized spacial score (nSPS) is 11.0. The lowest BCUT2D eigenvalue weighted by Crippen LogP contribution is -2.41. The number of hydrogen-bond donors (Lipinski definition) is 2. The van der Waals surface area contributed by atoms with Crippen LogP contribution in [0.3, 0.4) is 0 Å². The molecule has 160 valence electrons. The number of hydrogen-bond acceptors (Lipinski definition) is 5. The summed E-state index contributed by atoms with van der Waals surface area (Å²) in [6, 6.07) is 20.1. The fraction of sp³-hybridized carbons (Fsp3) is 0.0909. The molecule has 0 saturated heterocycles. The Labute approximate surface area is 189 Å². The van der Waals surface area contributed by atoms with Crippen molar-refractivity contribution in [3.63, 3.8) is 0 Å². The minimum atomic E-state index is -3.34. The predicted octanol–water partition coefficient (Wildman–Crippen LogP) is 4.11. The Hall–Kier alpha value is -2.81. The topological polar surface area (TPSA) is 92.3 Å². The average Bonchev–Trinajstić information content (AvgIpc) is 2.76. The molecule has 0 saturated carbocycles. The molecule has 9 heteroatoms. The van der Waals surface area contributed by atoms with Crippen molar-refractivity contribution in [1.29, 1.82) is 0 Å². The highest BCUT2D eigenvalue weighted by molar-refractivity contribution is 7.98. The molecule has 2 amide bonds. The molecular weight excluding hydrogens is 456 g/mol. The van der Waals surface area contributed by atoms with Crippen LogP contribution < -0.4 is 10.9 Å². The van der Waals surface area contributed by atoms with E-state index in [1.165, 1.54) is 24.3 Å². The van der Waals surface area contributed by atoms with Gasteiger partial charge in [0.25, 0.3) is 11.8 Å². The van der Waals surface area contributed by atoms with Crippen LogP contribution in [0.15, 0.2) is 82.6 Å². The van der Waals surface area contributed by atoms with E-state index in [2.05, 4.69) is 10.9 Å². The zero-order chi connectivity index (χ0) is 22.4. The predicted molar refractivity (Wildman–Crippen MR) is 122 cm³/mol. The Kier molecular flexibility index (Phi) is 7.37. The van der Waals surface area contributed by atoms with Crippen LogP contribution in [-0.4, -0.2) is 26.5 Å². The summed E-state index contributed by atoms with van der Waals surface area (Å²) in [6.45, 7) is 0. The van der Waals surface area contributed by atoms with Crippen molar-refractivity contribution in [2.24, 2.45) is 0 Å². The molecular formula is C22H19ClN2O4S2. The number of amides is 2. The van der Waals surface area contributed by atoms with E-state index in [1.54, 1.807) is 23.9 Å². The molecule has 0 radical (unpaired) electrons. The number of carbonyl (C=O) groups is 2. The maximum absolute atomic E-state index is 12.3. The number of thioether (sulfide) groups is 1. The Balaban J connectivity index is 1.52. The summed E-state index contributed by atoms with van der Waals surface area (Å²) in [5.41, 5.74) is 6.34. The summed E-state index contributed by atoms with van der Waals surface area (Å²) >= 11 is 7.54. The monoisotopic (exact) mass is 474 g/mol. The first-order valence-corrected chi connectivity index (χ1v) is 12.4. The molecule has 0 bridgehead atoms. The van der Waals surface area contributed by atoms with Gasteiger partial charge in [0, 0.05) is 33.1 Å². The van der Waals surface area contributed by atoms with Crippen molar-refractivity contribution < 1.29 is 18.0 Å². The van der Waals surface area contributed by atoms with Gasteiger partial charge in [0.05, 0.1) is 4.90 Å². The molecule has 0 aliphatic carbocycles. The molecule has 0 fully saturated rings. The van der Waals surface area contributed by atoms with Gasteiger partial charge in [-0.25, -0.2) is 8.42 Å². The van der Waals surface area contributed by atoms with Crippen LogP contribution in [-0.2, 0) is 15.6 Å². The van der Waals surface area contributed by atoms with Gasteiger partial charge in [-0.15, -0.1) is 11.8 Å². The third-order valence-electron chi connectivity index (χ3n) is 4.27. The summed E-state index contributed by atoms with van der Waals surface area (Å²) in [5.74, 6) is -0.272. The lowest BCUT2D eigenvalue weighted by atomic mass is 10.1. The van der Waals surface area contributed by atoms with Crippen molar-refractivity contribution in [2.75, 3.05) is 6.26 Å². The highest BCUT2D eigenvalue weighted by Crippen LogP contribution is 2.24. The minimum Gasteiger partial charge on any atom is -0.267 e. The van der Waals surface area contributed by atoms with E-state index in [0.29, 0.717) is 10.6 Å². The van der Waals surface area contributed by atoms with Crippen LogP contribution in [0.2, 0.25) is 5.02 Å². The second kappa shape index (κ2) is 10.00. The number of hydrazine groups is 1. The fourth-order valence-corrected chi connectivity index (χ4v) is 4.17. The fourth-order valence-electron chi connectivity index (χ4n) is 2.56. The van der Waals surface area contributed by atoms with Gasteiger partial charge in [-0.05, 0) is 66.2 Å². The number of nitrogens with one attached hydrogen (secondary N) is 2. The molecule has 2 N–H and O–H groups in total. The van der Waals surface area contributed by atoms with Crippen LogP contribution in [0.1, 0.15) is 26.3 Å². The van der Waals surface area contributed by atoms with Gasteiger partial charge in [0.2, 0.25) is 0 Å². The van der Waals surface area contributed by atoms with Gasteiger partial charge < -0.3 is 0 Å². The number of carbonyl (C=O) groups excluding carboxylic acids is 2. The highest BCUT2D eigenvalue weighted by Gasteiger charge is 2.11. The summed E-state index contributed by atoms with van der Waals surface area (Å²) < 4.78 is 22.9. The number of halogens is 1. The third-order valence-corrected chi connectivity index (χ3v) is 6.73. The first-order valence-electron chi connectivity index (χ1n) is 9.10. The van der Waals surface area contributed by atoms with Crippen LogP contribution in [0.25, 0.3) is 0 Å². The molecule has 6 nitrogen and oxygen atoms in total. The molecule has 3 aromatic carbocycles. The molecule has 0 spiro atoms. The van der Waals surface area contributed by atoms with Gasteiger partial charge in [-0.3, -0.25) is 20.4 Å². The summed E-state index contributed by atoms with van der Waals surface area (Å²) in [7, 11) is -3.34. The molecule has 31 heavy (non-hydrogen) atoms. The Morgan fingerprint density at radius 3 is 1.77 bits per heavy atom. The molecule has 0 aromatic heterocycles. The number of sulfone groups is 1. The van der Waals surface area contributed by atoms with Gasteiger partial charge in [-0.1, -0.05) is 23.7 Å². The van der Waals surface area contributed by atoms with Crippen LogP contribution in [0.4, 0.5) is 0 Å². The van der Waals surface area contributed by atoms with Gasteiger partial charge in [-0.2, -0.15) is 0 Å². The van der Waals surface area contributed by atoms with Crippen molar-refractivity contribution in [3.05, 3.63) is 94.5 Å². The van der Waals surface area contributed by atoms with Gasteiger partial charge >= 0.3 is 0 Å². The van der Waals surface area contributed by atoms with E-state index in [1.807, 2.05) is 36.4 Å². The lowest BCUT2D eigenvalue weighted by Gasteiger charge is -2.09. The van der Waals surface area contributed by atoms with E-state index in [9.17, 15) is 18.0 Å². The molecule has 0 atom stereocenters. The zero-order valence-corrected chi connectivity index (χ0v) is 18.9. The van der Waals surface area contributed by atoms with Crippen LogP contribution in [0.5, 0.6) is 0 Å². The first-order chi connectivity index (χ1) is 14.7. The summed E-state index contributed by atoms with van der Waals surface area (Å²) in [4.78, 5) is 25.6. The summed E-state index contributed by atoms with van der Waals surface area (Å²) in [6.07, 6.45) is 1.09. The van der Waals surface area contributed by atoms with Gasteiger partial charge in [0.15, 0.2) is 9.84 Å². The number of rotatable bonds is 6. The smallest absolute Gasteiger partial charge is 0.267 e. The summed E-state index contributed by atoms with van der Waals surface area (Å²) in [5, 5.41) is 0.692. The van der Waals surface area contributed by atoms with E-state index in [-0.39, 0.29) is 10.5 Å². The lowest BCUT2D eigenvalue weighted by molar-refractivity contribution is 0.0846. The van der Waals surface area contributed by atoms with Gasteiger partial charge in [0.1, 0.15) is 0 Å². The molecule has 0 heterocycles. The highest BCUT2D eigenvalue weighted by atomic mass is 35.5. The maximum Gasteiger partial charge on any atom is 0.269 e. The van der Waals surface area contributed by atoms with Crippen molar-refractivity contribution in [3.8, 4) is 0 Å². The van der Waals surface area contributed by atoms with Crippen LogP contribution in [0, 0.1) is 0 Å². The standard InChI is InChI=1S/C22H19ClN2O4S2/c1-31(28,29)20-12-6-17(7-13-20)22(27)25-24-21(26)16-4-2-15(3-5-16)14-30-19-10-8-18(23)9-11-19/h2-13H,14H2,1H3,(H,24,26)(H,25,27). The molecule has 0 aliphatic rings. The molecule has 0 unspecified atom stereocenters. The second-order valence-corrected chi connectivity index (χ2v) is 10.1. The largest absolute Gasteiger partial charge is 0.269 e.